The molecule has 1 saturated carbocycles. The average Bonchev–Trinajstić information content (AvgIpc) is 2.56. The first-order chi connectivity index (χ1) is 12.0. The van der Waals surface area contributed by atoms with Crippen molar-refractivity contribution in [1.82, 2.24) is 0 Å². The summed E-state index contributed by atoms with van der Waals surface area (Å²) < 4.78 is 17.5. The fraction of sp³-hybridized carbons (Fsp3) is 0.650. The lowest BCUT2D eigenvalue weighted by Gasteiger charge is -2.41. The zero-order valence-electron chi connectivity index (χ0n) is 16.7. The molecule has 0 aliphatic heterocycles. The lowest BCUT2D eigenvalue weighted by Crippen LogP contribution is -2.45. The Morgan fingerprint density at radius 2 is 1.69 bits per heavy atom. The monoisotopic (exact) mass is 398 g/mol. The summed E-state index contributed by atoms with van der Waals surface area (Å²) in [5.41, 5.74) is 0.375. The van der Waals surface area contributed by atoms with Gasteiger partial charge in [-0.3, -0.25) is 0 Å². The van der Waals surface area contributed by atoms with Crippen molar-refractivity contribution in [3.05, 3.63) is 28.8 Å². The smallest absolute Gasteiger partial charge is 0.341 e. The molecule has 0 radical (unpaired) electrons. The number of carbonyl (C=O) groups excluding carboxylic acids is 1. The highest BCUT2D eigenvalue weighted by Crippen LogP contribution is 2.39. The van der Waals surface area contributed by atoms with E-state index in [0.29, 0.717) is 22.4 Å². The summed E-state index contributed by atoms with van der Waals surface area (Å²) in [5.74, 6) is 0.104. The molecule has 6 heteroatoms. The Morgan fingerprint density at radius 3 is 2.23 bits per heavy atom. The highest BCUT2D eigenvalue weighted by atomic mass is 35.5. The van der Waals surface area contributed by atoms with E-state index in [4.69, 9.17) is 25.5 Å². The van der Waals surface area contributed by atoms with E-state index in [-0.39, 0.29) is 11.1 Å². The van der Waals surface area contributed by atoms with Crippen LogP contribution >= 0.6 is 11.6 Å². The molecule has 0 N–H and O–H groups in total. The molecule has 2 rings (SSSR count). The minimum absolute atomic E-state index is 0.0823. The third-order valence-electron chi connectivity index (χ3n) is 5.53. The molecule has 1 aromatic rings. The summed E-state index contributed by atoms with van der Waals surface area (Å²) in [6.07, 6.45) is 4.20. The molecule has 0 aromatic heterocycles. The average molecular weight is 399 g/mol. The molecule has 1 aliphatic rings. The Morgan fingerprint density at radius 1 is 1.12 bits per heavy atom. The first-order valence-corrected chi connectivity index (χ1v) is 12.5. The van der Waals surface area contributed by atoms with Crippen LogP contribution in [0.5, 0.6) is 5.75 Å². The third-order valence-corrected chi connectivity index (χ3v) is 10.3. The number of methoxy groups -OCH3 is 1. The molecule has 0 amide bonds. The van der Waals surface area contributed by atoms with Crippen LogP contribution in [0.3, 0.4) is 0 Å². The van der Waals surface area contributed by atoms with Crippen molar-refractivity contribution in [3.8, 4) is 5.75 Å². The van der Waals surface area contributed by atoms with Crippen LogP contribution in [0.2, 0.25) is 23.2 Å². The number of halogens is 1. The minimum Gasteiger partial charge on any atom is -0.490 e. The van der Waals surface area contributed by atoms with Gasteiger partial charge in [0.05, 0.1) is 13.2 Å². The van der Waals surface area contributed by atoms with Gasteiger partial charge in [-0.15, -0.1) is 0 Å². The van der Waals surface area contributed by atoms with Crippen molar-refractivity contribution in [1.29, 1.82) is 0 Å². The summed E-state index contributed by atoms with van der Waals surface area (Å²) in [6, 6.07) is 5.07. The zero-order valence-corrected chi connectivity index (χ0v) is 18.5. The molecular formula is C20H31ClO4Si. The second-order valence-corrected chi connectivity index (χ2v) is 13.7. The van der Waals surface area contributed by atoms with Gasteiger partial charge in [0.25, 0.3) is 0 Å². The standard InChI is InChI=1S/C20H31ClO4Si/c1-20(2,3)26(5,6)25-16-10-8-15(9-11-16)24-18-12-7-14(21)13-17(18)19(22)23-4/h7,12-13,15-16H,8-11H2,1-6H3. The molecule has 0 atom stereocenters. The maximum absolute atomic E-state index is 12.0. The topological polar surface area (TPSA) is 44.8 Å². The Hall–Kier alpha value is -1.04. The van der Waals surface area contributed by atoms with E-state index in [2.05, 4.69) is 33.9 Å². The van der Waals surface area contributed by atoms with Gasteiger partial charge in [0.2, 0.25) is 0 Å². The van der Waals surface area contributed by atoms with Crippen molar-refractivity contribution in [2.24, 2.45) is 0 Å². The van der Waals surface area contributed by atoms with Crippen LogP contribution in [0.25, 0.3) is 0 Å². The normalized spacial score (nSPS) is 21.3. The first kappa shape index (κ1) is 21.3. The van der Waals surface area contributed by atoms with Gasteiger partial charge in [-0.25, -0.2) is 4.79 Å². The fourth-order valence-corrected chi connectivity index (χ4v) is 4.51. The number of ether oxygens (including phenoxy) is 2. The molecule has 0 saturated heterocycles. The van der Waals surface area contributed by atoms with Gasteiger partial charge in [-0.1, -0.05) is 32.4 Å². The maximum Gasteiger partial charge on any atom is 0.341 e. The first-order valence-electron chi connectivity index (χ1n) is 9.26. The summed E-state index contributed by atoms with van der Waals surface area (Å²) in [5, 5.41) is 0.711. The van der Waals surface area contributed by atoms with Crippen LogP contribution in [0.1, 0.15) is 56.8 Å². The third kappa shape index (κ3) is 5.24. The summed E-state index contributed by atoms with van der Waals surface area (Å²) >= 11 is 6.00. The molecule has 1 fully saturated rings. The Kier molecular flexibility index (Phi) is 6.80. The van der Waals surface area contributed by atoms with Gasteiger partial charge >= 0.3 is 5.97 Å². The maximum atomic E-state index is 12.0. The Labute approximate surface area is 163 Å². The second-order valence-electron chi connectivity index (χ2n) is 8.53. The summed E-state index contributed by atoms with van der Waals surface area (Å²) in [4.78, 5) is 12.0. The van der Waals surface area contributed by atoms with Crippen molar-refractivity contribution in [3.63, 3.8) is 0 Å². The van der Waals surface area contributed by atoms with E-state index in [1.165, 1.54) is 7.11 Å². The number of carbonyl (C=O) groups is 1. The van der Waals surface area contributed by atoms with E-state index < -0.39 is 14.3 Å². The van der Waals surface area contributed by atoms with Gasteiger partial charge in [0.1, 0.15) is 11.3 Å². The van der Waals surface area contributed by atoms with E-state index in [9.17, 15) is 4.79 Å². The van der Waals surface area contributed by atoms with Crippen LogP contribution < -0.4 is 4.74 Å². The molecule has 0 heterocycles. The SMILES string of the molecule is COC(=O)c1cc(Cl)ccc1OC1CCC(O[Si](C)(C)C(C)(C)C)CC1. The summed E-state index contributed by atoms with van der Waals surface area (Å²) in [7, 11) is -0.383. The number of hydrogen-bond acceptors (Lipinski definition) is 4. The molecule has 0 spiro atoms. The van der Waals surface area contributed by atoms with Crippen LogP contribution in [0, 0.1) is 0 Å². The molecule has 0 unspecified atom stereocenters. The van der Waals surface area contributed by atoms with Gasteiger partial charge < -0.3 is 13.9 Å². The quantitative estimate of drug-likeness (QED) is 0.461. The molecule has 26 heavy (non-hydrogen) atoms. The Balaban J connectivity index is 1.97. The van der Waals surface area contributed by atoms with Crippen LogP contribution in [0.15, 0.2) is 18.2 Å². The highest BCUT2D eigenvalue weighted by molar-refractivity contribution is 6.74. The van der Waals surface area contributed by atoms with Gasteiger partial charge in [0, 0.05) is 11.1 Å². The molecule has 1 aromatic carbocycles. The second kappa shape index (κ2) is 8.32. The summed E-state index contributed by atoms with van der Waals surface area (Å²) in [6.45, 7) is 11.4. The number of esters is 1. The fourth-order valence-electron chi connectivity index (χ4n) is 2.92. The van der Waals surface area contributed by atoms with E-state index in [1.807, 2.05) is 0 Å². The van der Waals surface area contributed by atoms with Crippen LogP contribution in [-0.2, 0) is 9.16 Å². The van der Waals surface area contributed by atoms with Crippen molar-refractivity contribution >= 4 is 25.9 Å². The largest absolute Gasteiger partial charge is 0.490 e. The Bertz CT molecular complexity index is 631. The van der Waals surface area contributed by atoms with Crippen LogP contribution in [-0.4, -0.2) is 33.6 Å². The van der Waals surface area contributed by atoms with Gasteiger partial charge in [-0.2, -0.15) is 0 Å². The predicted molar refractivity (Wildman–Crippen MR) is 108 cm³/mol. The van der Waals surface area contributed by atoms with Crippen LogP contribution in [0.4, 0.5) is 0 Å². The number of benzene rings is 1. The van der Waals surface area contributed by atoms with E-state index >= 15 is 0 Å². The molecule has 146 valence electrons. The van der Waals surface area contributed by atoms with Gasteiger partial charge in [-0.05, 0) is 62.0 Å². The zero-order chi connectivity index (χ0) is 19.5. The van der Waals surface area contributed by atoms with Gasteiger partial charge in [0.15, 0.2) is 8.32 Å². The predicted octanol–water partition coefficient (Wildman–Crippen LogP) is 5.84. The van der Waals surface area contributed by atoms with E-state index in [0.717, 1.165) is 25.7 Å². The molecule has 0 bridgehead atoms. The lowest BCUT2D eigenvalue weighted by atomic mass is 9.95. The number of rotatable bonds is 5. The molecule has 1 aliphatic carbocycles. The molecule has 4 nitrogen and oxygen atoms in total. The minimum atomic E-state index is -1.74. The van der Waals surface area contributed by atoms with Crippen molar-refractivity contribution in [2.45, 2.75) is 76.8 Å². The van der Waals surface area contributed by atoms with Crippen molar-refractivity contribution in [2.75, 3.05) is 7.11 Å². The van der Waals surface area contributed by atoms with Crippen molar-refractivity contribution < 1.29 is 18.7 Å². The highest BCUT2D eigenvalue weighted by Gasteiger charge is 2.40. The van der Waals surface area contributed by atoms with E-state index in [1.54, 1.807) is 18.2 Å². The number of hydrogen-bond donors (Lipinski definition) is 0. The molecular weight excluding hydrogens is 368 g/mol. The lowest BCUT2D eigenvalue weighted by molar-refractivity contribution is 0.0568.